The first-order valence-corrected chi connectivity index (χ1v) is 7.85. The van der Waals surface area contributed by atoms with E-state index in [0.29, 0.717) is 12.1 Å². The van der Waals surface area contributed by atoms with Crippen LogP contribution in [0.3, 0.4) is 0 Å². The Bertz CT molecular complexity index is 417. The summed E-state index contributed by atoms with van der Waals surface area (Å²) in [5.74, 6) is 0. The third kappa shape index (κ3) is 3.97. The second-order valence-corrected chi connectivity index (χ2v) is 6.17. The maximum Gasteiger partial charge on any atom is 0.0781 e. The van der Waals surface area contributed by atoms with E-state index >= 15 is 0 Å². The number of rotatable bonds is 4. The molecular weight excluding hydrogens is 248 g/mol. The van der Waals surface area contributed by atoms with Crippen LogP contribution < -0.4 is 5.32 Å². The molecule has 0 radical (unpaired) electrons. The van der Waals surface area contributed by atoms with E-state index in [9.17, 15) is 5.11 Å². The fourth-order valence-electron chi connectivity index (χ4n) is 2.99. The standard InChI is InChI=1S/C17H28N2O/c1-13(2)19-11-6-7-15(10-12-19)18-17-9-5-4-8-16(17)14(3)20/h4-5,8-9,13-15,18,20H,6-7,10-12H2,1-3H3. The maximum absolute atomic E-state index is 9.86. The van der Waals surface area contributed by atoms with Crippen molar-refractivity contribution in [3.8, 4) is 0 Å². The Morgan fingerprint density at radius 3 is 2.60 bits per heavy atom. The zero-order valence-electron chi connectivity index (χ0n) is 13.0. The molecule has 1 aromatic carbocycles. The van der Waals surface area contributed by atoms with Crippen LogP contribution in [0.2, 0.25) is 0 Å². The number of nitrogens with zero attached hydrogens (tertiary/aromatic N) is 1. The minimum atomic E-state index is -0.420. The molecule has 2 N–H and O–H groups in total. The molecule has 0 aromatic heterocycles. The summed E-state index contributed by atoms with van der Waals surface area (Å²) in [4.78, 5) is 2.56. The Kier molecular flexibility index (Phi) is 5.44. The first-order valence-electron chi connectivity index (χ1n) is 7.85. The maximum atomic E-state index is 9.86. The van der Waals surface area contributed by atoms with Gasteiger partial charge < -0.3 is 15.3 Å². The lowest BCUT2D eigenvalue weighted by atomic mass is 10.1. The van der Waals surface area contributed by atoms with Gasteiger partial charge in [-0.3, -0.25) is 0 Å². The van der Waals surface area contributed by atoms with Gasteiger partial charge in [0.05, 0.1) is 6.10 Å². The highest BCUT2D eigenvalue weighted by Crippen LogP contribution is 2.25. The van der Waals surface area contributed by atoms with Gasteiger partial charge in [-0.05, 0) is 52.6 Å². The third-order valence-electron chi connectivity index (χ3n) is 4.26. The van der Waals surface area contributed by atoms with E-state index in [0.717, 1.165) is 17.8 Å². The van der Waals surface area contributed by atoms with E-state index < -0.39 is 6.10 Å². The zero-order chi connectivity index (χ0) is 14.5. The predicted octanol–water partition coefficient (Wildman–Crippen LogP) is 3.41. The van der Waals surface area contributed by atoms with Gasteiger partial charge in [0.1, 0.15) is 0 Å². The highest BCUT2D eigenvalue weighted by atomic mass is 16.3. The van der Waals surface area contributed by atoms with Crippen molar-refractivity contribution in [2.24, 2.45) is 0 Å². The summed E-state index contributed by atoms with van der Waals surface area (Å²) in [6, 6.07) is 9.25. The number of likely N-dealkylation sites (tertiary alicyclic amines) is 1. The topological polar surface area (TPSA) is 35.5 Å². The summed E-state index contributed by atoms with van der Waals surface area (Å²) in [5, 5.41) is 13.5. The highest BCUT2D eigenvalue weighted by molar-refractivity contribution is 5.52. The summed E-state index contributed by atoms with van der Waals surface area (Å²) in [5.41, 5.74) is 2.09. The molecule has 2 atom stereocenters. The number of aliphatic hydroxyl groups excluding tert-OH is 1. The summed E-state index contributed by atoms with van der Waals surface area (Å²) < 4.78 is 0. The van der Waals surface area contributed by atoms with Crippen LogP contribution in [0, 0.1) is 0 Å². The van der Waals surface area contributed by atoms with Gasteiger partial charge in [-0.1, -0.05) is 18.2 Å². The summed E-state index contributed by atoms with van der Waals surface area (Å²) in [7, 11) is 0. The molecule has 3 heteroatoms. The van der Waals surface area contributed by atoms with Crippen molar-refractivity contribution in [2.75, 3.05) is 18.4 Å². The van der Waals surface area contributed by atoms with Crippen LogP contribution in [0.15, 0.2) is 24.3 Å². The Hall–Kier alpha value is -1.06. The van der Waals surface area contributed by atoms with E-state index in [1.165, 1.54) is 25.8 Å². The van der Waals surface area contributed by atoms with Crippen molar-refractivity contribution < 1.29 is 5.11 Å². The SMILES string of the molecule is CC(O)c1ccccc1NC1CCCN(C(C)C)CC1. The third-order valence-corrected chi connectivity index (χ3v) is 4.26. The van der Waals surface area contributed by atoms with Gasteiger partial charge >= 0.3 is 0 Å². The second-order valence-electron chi connectivity index (χ2n) is 6.17. The molecule has 1 fully saturated rings. The zero-order valence-corrected chi connectivity index (χ0v) is 13.0. The number of hydrogen-bond acceptors (Lipinski definition) is 3. The van der Waals surface area contributed by atoms with Crippen LogP contribution in [0.4, 0.5) is 5.69 Å². The minimum absolute atomic E-state index is 0.420. The largest absolute Gasteiger partial charge is 0.389 e. The second kappa shape index (κ2) is 7.09. The van der Waals surface area contributed by atoms with Crippen LogP contribution >= 0.6 is 0 Å². The van der Waals surface area contributed by atoms with Gasteiger partial charge in [-0.2, -0.15) is 0 Å². The van der Waals surface area contributed by atoms with Gasteiger partial charge in [-0.15, -0.1) is 0 Å². The lowest BCUT2D eigenvalue weighted by Crippen LogP contribution is -2.32. The number of benzene rings is 1. The summed E-state index contributed by atoms with van der Waals surface area (Å²) in [6.07, 6.45) is 3.20. The minimum Gasteiger partial charge on any atom is -0.389 e. The van der Waals surface area contributed by atoms with Gasteiger partial charge in [0.25, 0.3) is 0 Å². The Morgan fingerprint density at radius 1 is 1.15 bits per heavy atom. The first kappa shape index (κ1) is 15.3. The number of hydrogen-bond donors (Lipinski definition) is 2. The summed E-state index contributed by atoms with van der Waals surface area (Å²) in [6.45, 7) is 8.74. The summed E-state index contributed by atoms with van der Waals surface area (Å²) >= 11 is 0. The monoisotopic (exact) mass is 276 g/mol. The van der Waals surface area contributed by atoms with E-state index in [-0.39, 0.29) is 0 Å². The number of para-hydroxylation sites is 1. The lowest BCUT2D eigenvalue weighted by molar-refractivity contribution is 0.200. The molecule has 1 aliphatic rings. The van der Waals surface area contributed by atoms with Crippen molar-refractivity contribution >= 4 is 5.69 Å². The molecule has 2 rings (SSSR count). The van der Waals surface area contributed by atoms with E-state index in [4.69, 9.17) is 0 Å². The molecule has 0 bridgehead atoms. The average molecular weight is 276 g/mol. The number of anilines is 1. The molecule has 2 unspecified atom stereocenters. The smallest absolute Gasteiger partial charge is 0.0781 e. The molecule has 1 saturated heterocycles. The van der Waals surface area contributed by atoms with Crippen LogP contribution in [-0.4, -0.2) is 35.2 Å². The van der Waals surface area contributed by atoms with Gasteiger partial charge in [0, 0.05) is 29.9 Å². The van der Waals surface area contributed by atoms with Crippen LogP contribution in [0.25, 0.3) is 0 Å². The van der Waals surface area contributed by atoms with Crippen LogP contribution in [0.1, 0.15) is 51.7 Å². The Morgan fingerprint density at radius 2 is 1.90 bits per heavy atom. The average Bonchev–Trinajstić information content (AvgIpc) is 2.65. The predicted molar refractivity (Wildman–Crippen MR) is 85.0 cm³/mol. The highest BCUT2D eigenvalue weighted by Gasteiger charge is 2.19. The van der Waals surface area contributed by atoms with Crippen LogP contribution in [0.5, 0.6) is 0 Å². The fraction of sp³-hybridized carbons (Fsp3) is 0.647. The fourth-order valence-corrected chi connectivity index (χ4v) is 2.99. The lowest BCUT2D eigenvalue weighted by Gasteiger charge is -2.25. The molecule has 1 aliphatic heterocycles. The van der Waals surface area contributed by atoms with Crippen molar-refractivity contribution in [2.45, 2.75) is 58.2 Å². The van der Waals surface area contributed by atoms with Gasteiger partial charge in [0.2, 0.25) is 0 Å². The normalized spacial score (nSPS) is 22.6. The van der Waals surface area contributed by atoms with Crippen LogP contribution in [-0.2, 0) is 0 Å². The molecule has 20 heavy (non-hydrogen) atoms. The number of aliphatic hydroxyl groups is 1. The molecular formula is C17H28N2O. The van der Waals surface area contributed by atoms with E-state index in [1.54, 1.807) is 0 Å². The van der Waals surface area contributed by atoms with Crippen molar-refractivity contribution in [3.63, 3.8) is 0 Å². The van der Waals surface area contributed by atoms with E-state index in [1.807, 2.05) is 25.1 Å². The van der Waals surface area contributed by atoms with Crippen molar-refractivity contribution in [1.29, 1.82) is 0 Å². The number of nitrogens with one attached hydrogen (secondary N) is 1. The molecule has 1 heterocycles. The molecule has 0 saturated carbocycles. The van der Waals surface area contributed by atoms with Gasteiger partial charge in [0.15, 0.2) is 0 Å². The molecule has 0 amide bonds. The molecule has 3 nitrogen and oxygen atoms in total. The van der Waals surface area contributed by atoms with Gasteiger partial charge in [-0.25, -0.2) is 0 Å². The van der Waals surface area contributed by atoms with Crippen molar-refractivity contribution in [1.82, 2.24) is 4.90 Å². The molecule has 0 aliphatic carbocycles. The van der Waals surface area contributed by atoms with E-state index in [2.05, 4.69) is 30.1 Å². The Balaban J connectivity index is 2.00. The molecule has 1 aromatic rings. The first-order chi connectivity index (χ1) is 9.58. The van der Waals surface area contributed by atoms with Crippen molar-refractivity contribution in [3.05, 3.63) is 29.8 Å². The molecule has 112 valence electrons. The Labute approximate surface area is 123 Å². The molecule has 0 spiro atoms. The quantitative estimate of drug-likeness (QED) is 0.884.